The molecule has 0 saturated heterocycles. The van der Waals surface area contributed by atoms with E-state index in [0.29, 0.717) is 12.1 Å². The molecule has 0 aliphatic heterocycles. The summed E-state index contributed by atoms with van der Waals surface area (Å²) >= 11 is 1.04. The summed E-state index contributed by atoms with van der Waals surface area (Å²) in [6, 6.07) is 1.27. The zero-order chi connectivity index (χ0) is 13.4. The second-order valence-corrected chi connectivity index (χ2v) is 4.28. The monoisotopic (exact) mass is 369 g/mol. The summed E-state index contributed by atoms with van der Waals surface area (Å²) in [6.07, 6.45) is -9.66. The summed E-state index contributed by atoms with van der Waals surface area (Å²) in [4.78, 5) is 0. The van der Waals surface area contributed by atoms with E-state index in [2.05, 4.69) is 0 Å². The highest BCUT2D eigenvalue weighted by atomic mass is 127. The quantitative estimate of drug-likeness (QED) is 0.592. The second kappa shape index (κ2) is 4.63. The van der Waals surface area contributed by atoms with Gasteiger partial charge < -0.3 is 5.73 Å². The summed E-state index contributed by atoms with van der Waals surface area (Å²) in [7, 11) is 0. The van der Waals surface area contributed by atoms with E-state index in [-0.39, 0.29) is 12.1 Å². The van der Waals surface area contributed by atoms with Crippen LogP contribution >= 0.6 is 22.6 Å². The molecule has 17 heavy (non-hydrogen) atoms. The SMILES string of the molecule is NCc1cc(C(F)(F)F)c(I)c(C(F)(F)F)c1. The lowest BCUT2D eigenvalue weighted by Crippen LogP contribution is -2.16. The topological polar surface area (TPSA) is 26.0 Å². The average Bonchev–Trinajstić information content (AvgIpc) is 2.14. The van der Waals surface area contributed by atoms with Gasteiger partial charge in [0.2, 0.25) is 0 Å². The maximum Gasteiger partial charge on any atom is 0.417 e. The van der Waals surface area contributed by atoms with Gasteiger partial charge in [-0.3, -0.25) is 0 Å². The molecule has 96 valence electrons. The molecule has 0 aliphatic carbocycles. The molecule has 0 saturated carbocycles. The molecule has 0 aromatic heterocycles. The first-order chi connectivity index (χ1) is 7.57. The third kappa shape index (κ3) is 3.24. The van der Waals surface area contributed by atoms with Crippen molar-refractivity contribution in [2.75, 3.05) is 0 Å². The molecule has 1 aromatic carbocycles. The van der Waals surface area contributed by atoms with Crippen LogP contribution in [-0.2, 0) is 18.9 Å². The Morgan fingerprint density at radius 2 is 1.29 bits per heavy atom. The van der Waals surface area contributed by atoms with E-state index >= 15 is 0 Å². The lowest BCUT2D eigenvalue weighted by molar-refractivity contribution is -0.144. The molecule has 0 aliphatic rings. The number of nitrogens with two attached hydrogens (primary N) is 1. The van der Waals surface area contributed by atoms with Gasteiger partial charge in [-0.15, -0.1) is 0 Å². The predicted molar refractivity (Wildman–Crippen MR) is 57.1 cm³/mol. The van der Waals surface area contributed by atoms with Gasteiger partial charge in [-0.05, 0) is 40.3 Å². The molecule has 0 spiro atoms. The lowest BCUT2D eigenvalue weighted by Gasteiger charge is -2.16. The highest BCUT2D eigenvalue weighted by Gasteiger charge is 2.40. The Balaban J connectivity index is 3.53. The van der Waals surface area contributed by atoms with Crippen LogP contribution in [0.25, 0.3) is 0 Å². The largest absolute Gasteiger partial charge is 0.417 e. The van der Waals surface area contributed by atoms with E-state index in [1.807, 2.05) is 0 Å². The highest BCUT2D eigenvalue weighted by Crippen LogP contribution is 2.40. The van der Waals surface area contributed by atoms with E-state index in [1.54, 1.807) is 0 Å². The first kappa shape index (κ1) is 14.6. The molecule has 0 unspecified atom stereocenters. The fourth-order valence-electron chi connectivity index (χ4n) is 1.21. The predicted octanol–water partition coefficient (Wildman–Crippen LogP) is 3.79. The van der Waals surface area contributed by atoms with Crippen molar-refractivity contribution < 1.29 is 26.3 Å². The summed E-state index contributed by atoms with van der Waals surface area (Å²) in [6.45, 7) is -0.386. The minimum absolute atomic E-state index is 0.204. The number of halogens is 7. The fourth-order valence-corrected chi connectivity index (χ4v) is 2.14. The maximum absolute atomic E-state index is 12.5. The normalized spacial score (nSPS) is 12.9. The molecule has 1 aromatic rings. The van der Waals surface area contributed by atoms with Crippen molar-refractivity contribution in [3.05, 3.63) is 32.4 Å². The van der Waals surface area contributed by atoms with Crippen molar-refractivity contribution in [3.8, 4) is 0 Å². The molecule has 1 rings (SSSR count). The molecule has 0 radical (unpaired) electrons. The number of alkyl halides is 6. The number of benzene rings is 1. The first-order valence-corrected chi connectivity index (χ1v) is 5.32. The van der Waals surface area contributed by atoms with Gasteiger partial charge in [-0.25, -0.2) is 0 Å². The Bertz CT molecular complexity index is 387. The molecular weight excluding hydrogens is 363 g/mol. The van der Waals surface area contributed by atoms with Gasteiger partial charge in [0.15, 0.2) is 0 Å². The molecule has 2 N–H and O–H groups in total. The van der Waals surface area contributed by atoms with Crippen molar-refractivity contribution in [1.82, 2.24) is 0 Å². The number of hydrogen-bond donors (Lipinski definition) is 1. The summed E-state index contributed by atoms with van der Waals surface area (Å²) in [5.74, 6) is 0. The van der Waals surface area contributed by atoms with Gasteiger partial charge in [0.1, 0.15) is 0 Å². The van der Waals surface area contributed by atoms with E-state index < -0.39 is 27.0 Å². The minimum Gasteiger partial charge on any atom is -0.326 e. The Hall–Kier alpha value is -0.510. The Morgan fingerprint density at radius 3 is 1.53 bits per heavy atom. The van der Waals surface area contributed by atoms with Crippen LogP contribution in [0.2, 0.25) is 0 Å². The van der Waals surface area contributed by atoms with Crippen LogP contribution in [0.3, 0.4) is 0 Å². The van der Waals surface area contributed by atoms with Gasteiger partial charge >= 0.3 is 12.4 Å². The standard InChI is InChI=1S/C9H6F6IN/c10-8(11,12)5-1-4(3-17)2-6(7(5)16)9(13,14)15/h1-2H,3,17H2. The minimum atomic E-state index is -4.83. The van der Waals surface area contributed by atoms with Crippen LogP contribution in [0, 0.1) is 3.57 Å². The zero-order valence-electron chi connectivity index (χ0n) is 8.08. The van der Waals surface area contributed by atoms with Gasteiger partial charge in [-0.1, -0.05) is 0 Å². The summed E-state index contributed by atoms with van der Waals surface area (Å²) in [5, 5.41) is 0. The van der Waals surface area contributed by atoms with E-state index in [1.165, 1.54) is 0 Å². The van der Waals surface area contributed by atoms with Crippen molar-refractivity contribution in [1.29, 1.82) is 0 Å². The smallest absolute Gasteiger partial charge is 0.326 e. The van der Waals surface area contributed by atoms with Gasteiger partial charge in [-0.2, -0.15) is 26.3 Å². The average molecular weight is 369 g/mol. The molecular formula is C9H6F6IN. The van der Waals surface area contributed by atoms with Crippen LogP contribution in [0.1, 0.15) is 16.7 Å². The Kier molecular flexibility index (Phi) is 3.97. The van der Waals surface area contributed by atoms with Crippen molar-refractivity contribution in [3.63, 3.8) is 0 Å². The molecule has 0 atom stereocenters. The molecule has 0 fully saturated rings. The molecule has 0 amide bonds. The van der Waals surface area contributed by atoms with Crippen LogP contribution in [0.5, 0.6) is 0 Å². The zero-order valence-corrected chi connectivity index (χ0v) is 10.2. The van der Waals surface area contributed by atoms with Crippen molar-refractivity contribution in [2.24, 2.45) is 5.73 Å². The van der Waals surface area contributed by atoms with Gasteiger partial charge in [0.05, 0.1) is 11.1 Å². The van der Waals surface area contributed by atoms with Gasteiger partial charge in [0, 0.05) is 10.1 Å². The third-order valence-electron chi connectivity index (χ3n) is 1.98. The van der Waals surface area contributed by atoms with Crippen LogP contribution in [-0.4, -0.2) is 0 Å². The maximum atomic E-state index is 12.5. The lowest BCUT2D eigenvalue weighted by atomic mass is 10.0. The van der Waals surface area contributed by atoms with Crippen molar-refractivity contribution in [2.45, 2.75) is 18.9 Å². The van der Waals surface area contributed by atoms with E-state index in [9.17, 15) is 26.3 Å². The third-order valence-corrected chi connectivity index (χ3v) is 3.14. The summed E-state index contributed by atoms with van der Waals surface area (Å²) in [5.41, 5.74) is 2.26. The van der Waals surface area contributed by atoms with Crippen LogP contribution < -0.4 is 5.73 Å². The Morgan fingerprint density at radius 1 is 0.941 bits per heavy atom. The first-order valence-electron chi connectivity index (χ1n) is 4.24. The number of hydrogen-bond acceptors (Lipinski definition) is 1. The second-order valence-electron chi connectivity index (χ2n) is 3.20. The van der Waals surface area contributed by atoms with Crippen LogP contribution in [0.4, 0.5) is 26.3 Å². The van der Waals surface area contributed by atoms with E-state index in [0.717, 1.165) is 22.6 Å². The molecule has 0 heterocycles. The van der Waals surface area contributed by atoms with Crippen molar-refractivity contribution >= 4 is 22.6 Å². The highest BCUT2D eigenvalue weighted by molar-refractivity contribution is 14.1. The Labute approximate surface area is 106 Å². The summed E-state index contributed by atoms with van der Waals surface area (Å²) < 4.78 is 74.3. The molecule has 8 heteroatoms. The number of rotatable bonds is 1. The van der Waals surface area contributed by atoms with E-state index in [4.69, 9.17) is 5.73 Å². The fraction of sp³-hybridized carbons (Fsp3) is 0.333. The molecule has 0 bridgehead atoms. The van der Waals surface area contributed by atoms with Gasteiger partial charge in [0.25, 0.3) is 0 Å². The molecule has 1 nitrogen and oxygen atoms in total. The van der Waals surface area contributed by atoms with Crippen LogP contribution in [0.15, 0.2) is 12.1 Å².